The van der Waals surface area contributed by atoms with Crippen LogP contribution in [-0.2, 0) is 4.74 Å². The van der Waals surface area contributed by atoms with Crippen molar-refractivity contribution in [3.05, 3.63) is 24.1 Å². The minimum Gasteiger partial charge on any atom is -0.372 e. The maximum Gasteiger partial charge on any atom is 0.135 e. The second kappa shape index (κ2) is 2.64. The predicted molar refractivity (Wildman–Crippen MR) is 31.7 cm³/mol. The molecule has 0 fully saturated rings. The summed E-state index contributed by atoms with van der Waals surface area (Å²) in [7, 11) is 1.58. The number of rotatable bonds is 2. The first-order chi connectivity index (χ1) is 4.34. The van der Waals surface area contributed by atoms with Gasteiger partial charge in [-0.1, -0.05) is 5.16 Å². The van der Waals surface area contributed by atoms with E-state index in [-0.39, 0.29) is 0 Å². The molecule has 3 nitrogen and oxygen atoms in total. The van der Waals surface area contributed by atoms with Crippen molar-refractivity contribution in [2.75, 3.05) is 7.11 Å². The van der Waals surface area contributed by atoms with E-state index in [1.165, 1.54) is 0 Å². The Balaban J connectivity index is 2.69. The van der Waals surface area contributed by atoms with E-state index in [9.17, 15) is 0 Å². The van der Waals surface area contributed by atoms with Gasteiger partial charge in [0.15, 0.2) is 0 Å². The van der Waals surface area contributed by atoms with Crippen LogP contribution in [0.15, 0.2) is 10.8 Å². The van der Waals surface area contributed by atoms with E-state index in [1.807, 2.05) is 6.92 Å². The topological polar surface area (TPSA) is 35.3 Å². The van der Waals surface area contributed by atoms with Crippen LogP contribution in [0.3, 0.4) is 0 Å². The molecule has 1 aromatic rings. The molecule has 0 N–H and O–H groups in total. The Labute approximate surface area is 53.6 Å². The molecule has 49 valence electrons. The minimum atomic E-state index is 0.748. The van der Waals surface area contributed by atoms with Crippen molar-refractivity contribution in [3.8, 4) is 0 Å². The van der Waals surface area contributed by atoms with Gasteiger partial charge in [-0.2, -0.15) is 0 Å². The summed E-state index contributed by atoms with van der Waals surface area (Å²) in [6.07, 6.45) is 1.57. The molecule has 1 heterocycles. The largest absolute Gasteiger partial charge is 0.372 e. The maximum atomic E-state index is 4.72. The Morgan fingerprint density at radius 2 is 2.56 bits per heavy atom. The van der Waals surface area contributed by atoms with E-state index in [4.69, 9.17) is 4.74 Å². The van der Waals surface area contributed by atoms with Gasteiger partial charge in [0, 0.05) is 12.7 Å². The Morgan fingerprint density at radius 1 is 1.78 bits per heavy atom. The molecule has 0 aliphatic carbocycles. The van der Waals surface area contributed by atoms with Crippen LogP contribution < -0.4 is 0 Å². The fourth-order valence-corrected chi connectivity index (χ4v) is 0.521. The fourth-order valence-electron chi connectivity index (χ4n) is 0.521. The number of methoxy groups -OCH3 is 1. The highest BCUT2D eigenvalue weighted by atomic mass is 16.5. The second-order valence-corrected chi connectivity index (χ2v) is 1.74. The summed E-state index contributed by atoms with van der Waals surface area (Å²) in [5, 5.41) is 3.65. The summed E-state index contributed by atoms with van der Waals surface area (Å²) in [4.78, 5) is 0. The van der Waals surface area contributed by atoms with Gasteiger partial charge in [0.1, 0.15) is 18.6 Å². The molecule has 1 aromatic heterocycles. The monoisotopic (exact) mass is 126 g/mol. The molecular weight excluding hydrogens is 118 g/mol. The van der Waals surface area contributed by atoms with E-state index in [1.54, 1.807) is 20.0 Å². The van der Waals surface area contributed by atoms with Crippen molar-refractivity contribution in [1.82, 2.24) is 5.16 Å². The number of nitrogens with zero attached hydrogens (tertiary/aromatic N) is 1. The lowest BCUT2D eigenvalue weighted by atomic mass is 10.3. The van der Waals surface area contributed by atoms with E-state index >= 15 is 0 Å². The van der Waals surface area contributed by atoms with Crippen molar-refractivity contribution in [1.29, 1.82) is 0 Å². The van der Waals surface area contributed by atoms with Gasteiger partial charge in [0.2, 0.25) is 0 Å². The summed E-state index contributed by atoms with van der Waals surface area (Å²) >= 11 is 0. The standard InChI is InChI=1S/C6H8NO2/c1-5-3-9-7-6(5)4-8-2/h3-4H,1-2H3. The molecule has 0 atom stereocenters. The predicted octanol–water partition coefficient (Wildman–Crippen LogP) is 1.14. The van der Waals surface area contributed by atoms with Crippen LogP contribution in [0.2, 0.25) is 0 Å². The molecule has 0 aliphatic rings. The third-order valence-corrected chi connectivity index (χ3v) is 1.01. The van der Waals surface area contributed by atoms with Crippen molar-refractivity contribution < 1.29 is 9.26 Å². The van der Waals surface area contributed by atoms with Crippen LogP contribution in [-0.4, -0.2) is 12.3 Å². The normalized spacial score (nSPS) is 10.0. The molecule has 3 heteroatoms. The summed E-state index contributed by atoms with van der Waals surface area (Å²) < 4.78 is 9.36. The molecule has 0 aliphatic heterocycles. The zero-order chi connectivity index (χ0) is 6.69. The molecule has 9 heavy (non-hydrogen) atoms. The van der Waals surface area contributed by atoms with Crippen LogP contribution in [0, 0.1) is 13.5 Å². The quantitative estimate of drug-likeness (QED) is 0.596. The third kappa shape index (κ3) is 1.29. The lowest BCUT2D eigenvalue weighted by molar-refractivity contribution is 0.283. The summed E-state index contributed by atoms with van der Waals surface area (Å²) in [6.45, 7) is 3.44. The van der Waals surface area contributed by atoms with Crippen molar-refractivity contribution >= 4 is 0 Å². The van der Waals surface area contributed by atoms with E-state index < -0.39 is 0 Å². The average Bonchev–Trinajstić information content (AvgIpc) is 2.18. The first-order valence-corrected chi connectivity index (χ1v) is 2.61. The number of hydrogen-bond donors (Lipinski definition) is 0. The van der Waals surface area contributed by atoms with Gasteiger partial charge in [-0.05, 0) is 6.92 Å². The number of aryl methyl sites for hydroxylation is 1. The molecule has 0 aromatic carbocycles. The lowest BCUT2D eigenvalue weighted by Gasteiger charge is -1.89. The fraction of sp³-hybridized carbons (Fsp3) is 0.333. The van der Waals surface area contributed by atoms with Crippen LogP contribution in [0.4, 0.5) is 0 Å². The molecule has 0 spiro atoms. The highest BCUT2D eigenvalue weighted by Crippen LogP contribution is 2.05. The summed E-state index contributed by atoms with van der Waals surface area (Å²) in [5.74, 6) is 0. The first kappa shape index (κ1) is 6.29. The zero-order valence-electron chi connectivity index (χ0n) is 5.42. The highest BCUT2D eigenvalue weighted by Gasteiger charge is 2.00. The van der Waals surface area contributed by atoms with Crippen LogP contribution in [0.1, 0.15) is 11.3 Å². The minimum absolute atomic E-state index is 0.748. The van der Waals surface area contributed by atoms with Gasteiger partial charge in [-0.15, -0.1) is 0 Å². The average molecular weight is 126 g/mol. The summed E-state index contributed by atoms with van der Waals surface area (Å²) in [6, 6.07) is 0. The molecular formula is C6H8NO2. The molecule has 1 radical (unpaired) electrons. The van der Waals surface area contributed by atoms with Crippen molar-refractivity contribution in [2.24, 2.45) is 0 Å². The van der Waals surface area contributed by atoms with Crippen molar-refractivity contribution in [3.63, 3.8) is 0 Å². The van der Waals surface area contributed by atoms with Crippen molar-refractivity contribution in [2.45, 2.75) is 6.92 Å². The highest BCUT2D eigenvalue weighted by molar-refractivity contribution is 5.17. The van der Waals surface area contributed by atoms with Gasteiger partial charge in [-0.3, -0.25) is 0 Å². The Morgan fingerprint density at radius 3 is 3.00 bits per heavy atom. The molecule has 0 saturated carbocycles. The van der Waals surface area contributed by atoms with E-state index in [0.29, 0.717) is 0 Å². The molecule has 0 unspecified atom stereocenters. The van der Waals surface area contributed by atoms with Gasteiger partial charge in [0.25, 0.3) is 0 Å². The van der Waals surface area contributed by atoms with Gasteiger partial charge in [-0.25, -0.2) is 0 Å². The maximum absolute atomic E-state index is 4.72. The number of ether oxygens (including phenoxy) is 1. The van der Waals surface area contributed by atoms with Crippen LogP contribution in [0.5, 0.6) is 0 Å². The molecule has 0 bridgehead atoms. The molecule has 0 saturated heterocycles. The number of hydrogen-bond acceptors (Lipinski definition) is 3. The van der Waals surface area contributed by atoms with Crippen LogP contribution >= 0.6 is 0 Å². The Hall–Kier alpha value is -0.830. The zero-order valence-corrected chi connectivity index (χ0v) is 5.42. The molecule has 0 amide bonds. The summed E-state index contributed by atoms with van der Waals surface area (Å²) in [5.41, 5.74) is 1.73. The Kier molecular flexibility index (Phi) is 1.85. The lowest BCUT2D eigenvalue weighted by Crippen LogP contribution is -1.85. The second-order valence-electron chi connectivity index (χ2n) is 1.74. The van der Waals surface area contributed by atoms with Gasteiger partial charge < -0.3 is 9.26 Å². The van der Waals surface area contributed by atoms with E-state index in [0.717, 1.165) is 11.3 Å². The first-order valence-electron chi connectivity index (χ1n) is 2.61. The van der Waals surface area contributed by atoms with Crippen LogP contribution in [0.25, 0.3) is 0 Å². The third-order valence-electron chi connectivity index (χ3n) is 1.01. The molecule has 1 rings (SSSR count). The van der Waals surface area contributed by atoms with Gasteiger partial charge in [0.05, 0.1) is 0 Å². The smallest absolute Gasteiger partial charge is 0.135 e. The number of aromatic nitrogens is 1. The van der Waals surface area contributed by atoms with E-state index in [2.05, 4.69) is 9.68 Å². The van der Waals surface area contributed by atoms with Gasteiger partial charge >= 0.3 is 0 Å². The SMILES string of the molecule is CO[CH]c1nocc1C. The Bertz CT molecular complexity index is 183.